The van der Waals surface area contributed by atoms with Gasteiger partial charge in [0.05, 0.1) is 0 Å². The van der Waals surface area contributed by atoms with Crippen molar-refractivity contribution in [3.05, 3.63) is 24.3 Å². The largest absolute Gasteiger partial charge is 0.484 e. The lowest BCUT2D eigenvalue weighted by atomic mass is 9.89. The second-order valence-electron chi connectivity index (χ2n) is 5.44. The standard InChI is InChI=1S/C15H22N2O2/c1-11-6-7-17(9-12(11)2)15(18)10-19-14-5-3-4-13(16)8-14/h3-5,8,11-12H,6-7,9-10,16H2,1-2H3. The number of carbonyl (C=O) groups is 1. The van der Waals surface area contributed by atoms with Crippen molar-refractivity contribution in [2.75, 3.05) is 25.4 Å². The van der Waals surface area contributed by atoms with Crippen LogP contribution in [-0.4, -0.2) is 30.5 Å². The smallest absolute Gasteiger partial charge is 0.260 e. The van der Waals surface area contributed by atoms with Crippen LogP contribution < -0.4 is 10.5 Å². The Hall–Kier alpha value is -1.71. The monoisotopic (exact) mass is 262 g/mol. The molecule has 4 heteroatoms. The molecule has 2 N–H and O–H groups in total. The summed E-state index contributed by atoms with van der Waals surface area (Å²) in [6.45, 7) is 6.20. The Balaban J connectivity index is 1.84. The molecule has 0 radical (unpaired) electrons. The van der Waals surface area contributed by atoms with Crippen LogP contribution in [0.15, 0.2) is 24.3 Å². The Morgan fingerprint density at radius 2 is 2.21 bits per heavy atom. The molecule has 104 valence electrons. The predicted molar refractivity (Wildman–Crippen MR) is 75.9 cm³/mol. The summed E-state index contributed by atoms with van der Waals surface area (Å²) >= 11 is 0. The number of likely N-dealkylation sites (tertiary alicyclic amines) is 1. The molecule has 1 aliphatic rings. The van der Waals surface area contributed by atoms with Gasteiger partial charge in [0.2, 0.25) is 0 Å². The average molecular weight is 262 g/mol. The SMILES string of the molecule is CC1CCN(C(=O)COc2cccc(N)c2)CC1C. The zero-order valence-electron chi connectivity index (χ0n) is 11.6. The first-order valence-electron chi connectivity index (χ1n) is 6.82. The highest BCUT2D eigenvalue weighted by Gasteiger charge is 2.25. The van der Waals surface area contributed by atoms with E-state index in [1.807, 2.05) is 17.0 Å². The number of carbonyl (C=O) groups excluding carboxylic acids is 1. The molecule has 1 fully saturated rings. The quantitative estimate of drug-likeness (QED) is 0.849. The molecule has 0 spiro atoms. The molecule has 2 unspecified atom stereocenters. The van der Waals surface area contributed by atoms with E-state index >= 15 is 0 Å². The van der Waals surface area contributed by atoms with E-state index < -0.39 is 0 Å². The van der Waals surface area contributed by atoms with E-state index in [2.05, 4.69) is 13.8 Å². The number of nitrogen functional groups attached to an aromatic ring is 1. The summed E-state index contributed by atoms with van der Waals surface area (Å²) < 4.78 is 5.49. The lowest BCUT2D eigenvalue weighted by Crippen LogP contribution is -2.44. The van der Waals surface area contributed by atoms with Crippen molar-refractivity contribution in [2.24, 2.45) is 11.8 Å². The molecular weight excluding hydrogens is 240 g/mol. The summed E-state index contributed by atoms with van der Waals surface area (Å²) in [6.07, 6.45) is 1.07. The third-order valence-corrected chi connectivity index (χ3v) is 3.91. The van der Waals surface area contributed by atoms with Gasteiger partial charge in [-0.05, 0) is 30.4 Å². The van der Waals surface area contributed by atoms with E-state index in [0.717, 1.165) is 19.5 Å². The number of piperidine rings is 1. The van der Waals surface area contributed by atoms with Crippen molar-refractivity contribution >= 4 is 11.6 Å². The van der Waals surface area contributed by atoms with Crippen LogP contribution in [0.2, 0.25) is 0 Å². The maximum Gasteiger partial charge on any atom is 0.260 e. The second-order valence-corrected chi connectivity index (χ2v) is 5.44. The van der Waals surface area contributed by atoms with Crippen LogP contribution in [0.1, 0.15) is 20.3 Å². The van der Waals surface area contributed by atoms with Crippen molar-refractivity contribution < 1.29 is 9.53 Å². The molecule has 1 heterocycles. The van der Waals surface area contributed by atoms with Crippen molar-refractivity contribution in [1.82, 2.24) is 4.90 Å². The average Bonchev–Trinajstić information content (AvgIpc) is 2.39. The maximum atomic E-state index is 12.1. The number of benzene rings is 1. The topological polar surface area (TPSA) is 55.6 Å². The number of hydrogen-bond donors (Lipinski definition) is 1. The van der Waals surface area contributed by atoms with Gasteiger partial charge in [-0.15, -0.1) is 0 Å². The number of amides is 1. The fraction of sp³-hybridized carbons (Fsp3) is 0.533. The van der Waals surface area contributed by atoms with E-state index in [4.69, 9.17) is 10.5 Å². The van der Waals surface area contributed by atoms with Gasteiger partial charge < -0.3 is 15.4 Å². The first-order chi connectivity index (χ1) is 9.06. The molecule has 1 aromatic rings. The molecule has 1 aromatic carbocycles. The maximum absolute atomic E-state index is 12.1. The Bertz CT molecular complexity index is 448. The number of hydrogen-bond acceptors (Lipinski definition) is 3. The van der Waals surface area contributed by atoms with Crippen LogP contribution >= 0.6 is 0 Å². The third-order valence-electron chi connectivity index (χ3n) is 3.91. The van der Waals surface area contributed by atoms with Crippen molar-refractivity contribution in [2.45, 2.75) is 20.3 Å². The number of anilines is 1. The Kier molecular flexibility index (Phi) is 4.30. The van der Waals surface area contributed by atoms with Gasteiger partial charge in [-0.3, -0.25) is 4.79 Å². The van der Waals surface area contributed by atoms with Gasteiger partial charge in [-0.25, -0.2) is 0 Å². The molecule has 19 heavy (non-hydrogen) atoms. The highest BCUT2D eigenvalue weighted by Crippen LogP contribution is 2.22. The summed E-state index contributed by atoms with van der Waals surface area (Å²) in [4.78, 5) is 14.0. The number of nitrogens with zero attached hydrogens (tertiary/aromatic N) is 1. The van der Waals surface area contributed by atoms with Crippen LogP contribution in [0.25, 0.3) is 0 Å². The number of ether oxygens (including phenoxy) is 1. The highest BCUT2D eigenvalue weighted by molar-refractivity contribution is 5.77. The van der Waals surface area contributed by atoms with E-state index in [1.165, 1.54) is 0 Å². The van der Waals surface area contributed by atoms with Crippen LogP contribution in [0.5, 0.6) is 5.75 Å². The van der Waals surface area contributed by atoms with E-state index in [1.54, 1.807) is 12.1 Å². The van der Waals surface area contributed by atoms with Gasteiger partial charge in [0.25, 0.3) is 5.91 Å². The second kappa shape index (κ2) is 5.95. The fourth-order valence-electron chi connectivity index (χ4n) is 2.33. The minimum Gasteiger partial charge on any atom is -0.484 e. The van der Waals surface area contributed by atoms with Crippen molar-refractivity contribution in [3.63, 3.8) is 0 Å². The van der Waals surface area contributed by atoms with Gasteiger partial charge in [0.1, 0.15) is 5.75 Å². The molecular formula is C15H22N2O2. The summed E-state index contributed by atoms with van der Waals surface area (Å²) in [6, 6.07) is 7.15. The van der Waals surface area contributed by atoms with Crippen LogP contribution in [-0.2, 0) is 4.79 Å². The minimum atomic E-state index is 0.0566. The lowest BCUT2D eigenvalue weighted by Gasteiger charge is -2.35. The summed E-state index contributed by atoms with van der Waals surface area (Å²) in [5.74, 6) is 1.96. The van der Waals surface area contributed by atoms with Crippen LogP contribution in [0, 0.1) is 11.8 Å². The molecule has 1 aliphatic heterocycles. The molecule has 0 aromatic heterocycles. The van der Waals surface area contributed by atoms with E-state index in [9.17, 15) is 4.79 Å². The molecule has 0 saturated carbocycles. The summed E-state index contributed by atoms with van der Waals surface area (Å²) in [7, 11) is 0. The molecule has 2 atom stereocenters. The van der Waals surface area contributed by atoms with Gasteiger partial charge in [0.15, 0.2) is 6.61 Å². The van der Waals surface area contributed by atoms with Gasteiger partial charge in [-0.1, -0.05) is 19.9 Å². The molecule has 2 rings (SSSR count). The van der Waals surface area contributed by atoms with Gasteiger partial charge in [0, 0.05) is 24.8 Å². The predicted octanol–water partition coefficient (Wildman–Crippen LogP) is 2.15. The third kappa shape index (κ3) is 3.63. The van der Waals surface area contributed by atoms with Gasteiger partial charge in [-0.2, -0.15) is 0 Å². The van der Waals surface area contributed by atoms with E-state index in [0.29, 0.717) is 23.3 Å². The van der Waals surface area contributed by atoms with E-state index in [-0.39, 0.29) is 12.5 Å². The zero-order valence-corrected chi connectivity index (χ0v) is 11.6. The zero-order chi connectivity index (χ0) is 13.8. The van der Waals surface area contributed by atoms with Crippen LogP contribution in [0.3, 0.4) is 0 Å². The fourth-order valence-corrected chi connectivity index (χ4v) is 2.33. The van der Waals surface area contributed by atoms with Crippen LogP contribution in [0.4, 0.5) is 5.69 Å². The molecule has 1 saturated heterocycles. The minimum absolute atomic E-state index is 0.0566. The number of rotatable bonds is 3. The first kappa shape index (κ1) is 13.7. The molecule has 0 bridgehead atoms. The normalized spacial score (nSPS) is 23.2. The lowest BCUT2D eigenvalue weighted by molar-refractivity contribution is -0.135. The van der Waals surface area contributed by atoms with Gasteiger partial charge >= 0.3 is 0 Å². The molecule has 4 nitrogen and oxygen atoms in total. The summed E-state index contributed by atoms with van der Waals surface area (Å²) in [5, 5.41) is 0. The highest BCUT2D eigenvalue weighted by atomic mass is 16.5. The van der Waals surface area contributed by atoms with Crippen molar-refractivity contribution in [3.8, 4) is 5.75 Å². The van der Waals surface area contributed by atoms with Crippen molar-refractivity contribution in [1.29, 1.82) is 0 Å². The Morgan fingerprint density at radius 3 is 2.89 bits per heavy atom. The Morgan fingerprint density at radius 1 is 1.42 bits per heavy atom. The Labute approximate surface area is 114 Å². The molecule has 0 aliphatic carbocycles. The molecule has 1 amide bonds. The summed E-state index contributed by atoms with van der Waals surface area (Å²) in [5.41, 5.74) is 6.31. The number of nitrogens with two attached hydrogens (primary N) is 1. The first-order valence-corrected chi connectivity index (χ1v) is 6.82.